The summed E-state index contributed by atoms with van der Waals surface area (Å²) in [7, 11) is 0. The molecule has 4 heteroatoms. The van der Waals surface area contributed by atoms with Crippen molar-refractivity contribution in [1.29, 1.82) is 0 Å². The molecule has 0 aromatic heterocycles. The van der Waals surface area contributed by atoms with Gasteiger partial charge in [-0.05, 0) is 0 Å². The maximum atomic E-state index is 11.9. The number of benzene rings is 2. The van der Waals surface area contributed by atoms with Gasteiger partial charge in [0.05, 0.1) is 0 Å². The summed E-state index contributed by atoms with van der Waals surface area (Å²) in [6.45, 7) is 0. The van der Waals surface area contributed by atoms with Crippen molar-refractivity contribution in [3.05, 3.63) is 65.2 Å². The van der Waals surface area contributed by atoms with E-state index in [2.05, 4.69) is 12.1 Å². The van der Waals surface area contributed by atoms with E-state index in [0.29, 0.717) is 5.02 Å². The van der Waals surface area contributed by atoms with E-state index in [9.17, 15) is 4.79 Å². The van der Waals surface area contributed by atoms with Gasteiger partial charge in [-0.2, -0.15) is 0 Å². The number of carbonyl (C=O) groups excluding carboxylic acids is 1. The van der Waals surface area contributed by atoms with Gasteiger partial charge in [-0.3, -0.25) is 0 Å². The Morgan fingerprint density at radius 1 is 0.941 bits per heavy atom. The van der Waals surface area contributed by atoms with Crippen molar-refractivity contribution in [1.82, 2.24) is 0 Å². The van der Waals surface area contributed by atoms with E-state index in [0.717, 1.165) is 5.56 Å². The molecular weight excluding hydrogens is 366 g/mol. The van der Waals surface area contributed by atoms with Gasteiger partial charge < -0.3 is 0 Å². The Hall–Kier alpha value is -0.561. The van der Waals surface area contributed by atoms with Crippen LogP contribution in [0.15, 0.2) is 54.6 Å². The van der Waals surface area contributed by atoms with E-state index < -0.39 is 0 Å². The molecule has 0 heterocycles. The molecule has 0 amide bonds. The first-order chi connectivity index (χ1) is 8.25. The Balaban J connectivity index is 1.96. The van der Waals surface area contributed by atoms with Crippen molar-refractivity contribution >= 4 is 47.0 Å². The van der Waals surface area contributed by atoms with Gasteiger partial charge in [-0.25, -0.2) is 0 Å². The average molecular weight is 375 g/mol. The molecule has 0 saturated heterocycles. The Morgan fingerprint density at radius 2 is 1.59 bits per heavy atom. The molecule has 0 atom stereocenters. The van der Waals surface area contributed by atoms with Crippen molar-refractivity contribution in [2.24, 2.45) is 0 Å². The fourth-order valence-electron chi connectivity index (χ4n) is 1.20. The van der Waals surface area contributed by atoms with E-state index in [1.165, 1.54) is 4.46 Å². The average Bonchev–Trinajstić information content (AvgIpc) is 2.38. The van der Waals surface area contributed by atoms with Crippen LogP contribution in [0.5, 0.6) is 0 Å². The van der Waals surface area contributed by atoms with Crippen LogP contribution >= 0.6 is 11.6 Å². The summed E-state index contributed by atoms with van der Waals surface area (Å²) in [6.07, 6.45) is 0. The van der Waals surface area contributed by atoms with Gasteiger partial charge in [0.15, 0.2) is 0 Å². The van der Waals surface area contributed by atoms with Gasteiger partial charge >= 0.3 is 117 Å². The van der Waals surface area contributed by atoms with Crippen LogP contribution in [-0.2, 0) is 0 Å². The SMILES string of the molecule is O=C([Se][Se]c1ccccc1)c1ccc(Cl)cc1. The first-order valence-electron chi connectivity index (χ1n) is 4.95. The standard InChI is InChI=1S/C13H9ClOSe2/c14-11-8-6-10(7-9-11)13(15)17-16-12-4-2-1-3-5-12/h1-9H. The molecule has 0 fully saturated rings. The van der Waals surface area contributed by atoms with Gasteiger partial charge in [0.25, 0.3) is 0 Å². The second-order valence-corrected chi connectivity index (χ2v) is 9.81. The summed E-state index contributed by atoms with van der Waals surface area (Å²) < 4.78 is 1.53. The second kappa shape index (κ2) is 6.39. The van der Waals surface area contributed by atoms with Crippen molar-refractivity contribution in [2.45, 2.75) is 0 Å². The Morgan fingerprint density at radius 3 is 2.24 bits per heavy atom. The van der Waals surface area contributed by atoms with E-state index in [-0.39, 0.29) is 30.9 Å². The van der Waals surface area contributed by atoms with Gasteiger partial charge in [0, 0.05) is 0 Å². The molecule has 0 spiro atoms. The topological polar surface area (TPSA) is 17.1 Å². The third kappa shape index (κ3) is 3.99. The van der Waals surface area contributed by atoms with Crippen LogP contribution in [0, 0.1) is 0 Å². The van der Waals surface area contributed by atoms with Crippen LogP contribution in [-0.4, -0.2) is 30.9 Å². The van der Waals surface area contributed by atoms with Crippen LogP contribution in [0.1, 0.15) is 10.4 Å². The molecule has 2 aromatic rings. The Bertz CT molecular complexity index is 497. The molecule has 2 rings (SSSR count). The second-order valence-electron chi connectivity index (χ2n) is 3.27. The van der Waals surface area contributed by atoms with Gasteiger partial charge in [-0.15, -0.1) is 0 Å². The molecule has 0 aliphatic carbocycles. The van der Waals surface area contributed by atoms with Gasteiger partial charge in [-0.1, -0.05) is 0 Å². The first-order valence-corrected chi connectivity index (χ1v) is 11.4. The molecular formula is C13H9ClOSe2. The summed E-state index contributed by atoms with van der Waals surface area (Å²) in [5, 5.41) is 0.669. The summed E-state index contributed by atoms with van der Waals surface area (Å²) in [5.41, 5.74) is 0.771. The van der Waals surface area contributed by atoms with Crippen LogP contribution in [0.4, 0.5) is 0 Å². The Labute approximate surface area is 116 Å². The predicted octanol–water partition coefficient (Wildman–Crippen LogP) is 2.13. The summed E-state index contributed by atoms with van der Waals surface area (Å²) >= 11 is 6.07. The fraction of sp³-hybridized carbons (Fsp3) is 0. The number of hydrogen-bond acceptors (Lipinski definition) is 1. The zero-order valence-corrected chi connectivity index (χ0v) is 13.0. The van der Waals surface area contributed by atoms with Crippen molar-refractivity contribution < 1.29 is 4.79 Å². The zero-order valence-electron chi connectivity index (χ0n) is 8.80. The van der Waals surface area contributed by atoms with E-state index in [1.807, 2.05) is 18.2 Å². The van der Waals surface area contributed by atoms with Crippen molar-refractivity contribution in [3.63, 3.8) is 0 Å². The molecule has 1 nitrogen and oxygen atoms in total. The minimum atomic E-state index is 0.0161. The van der Waals surface area contributed by atoms with E-state index in [4.69, 9.17) is 11.6 Å². The minimum absolute atomic E-state index is 0.0161. The number of hydrogen-bond donors (Lipinski definition) is 0. The van der Waals surface area contributed by atoms with Crippen LogP contribution in [0.3, 0.4) is 0 Å². The van der Waals surface area contributed by atoms with Crippen molar-refractivity contribution in [2.75, 3.05) is 0 Å². The third-order valence-electron chi connectivity index (χ3n) is 2.04. The number of halogens is 1. The molecule has 2 aromatic carbocycles. The van der Waals surface area contributed by atoms with E-state index in [1.54, 1.807) is 24.3 Å². The zero-order chi connectivity index (χ0) is 12.1. The molecule has 0 saturated carbocycles. The fourth-order valence-corrected chi connectivity index (χ4v) is 6.87. The molecule has 0 aliphatic heterocycles. The molecule has 0 bridgehead atoms. The summed E-state index contributed by atoms with van der Waals surface area (Å²) in [4.78, 5) is 11.9. The maximum absolute atomic E-state index is 11.9. The molecule has 0 unspecified atom stereocenters. The number of carbonyl (C=O) groups is 1. The predicted molar refractivity (Wildman–Crippen MR) is 73.4 cm³/mol. The first kappa shape index (κ1) is 12.9. The number of rotatable bonds is 4. The summed E-state index contributed by atoms with van der Waals surface area (Å²) in [6, 6.07) is 17.3. The van der Waals surface area contributed by atoms with E-state index >= 15 is 0 Å². The Kier molecular flexibility index (Phi) is 4.85. The summed E-state index contributed by atoms with van der Waals surface area (Å²) in [5.74, 6) is 0. The molecule has 0 aliphatic rings. The van der Waals surface area contributed by atoms with Crippen molar-refractivity contribution in [3.8, 4) is 0 Å². The molecule has 17 heavy (non-hydrogen) atoms. The van der Waals surface area contributed by atoms with Crippen LogP contribution in [0.25, 0.3) is 0 Å². The van der Waals surface area contributed by atoms with Crippen LogP contribution < -0.4 is 4.46 Å². The molecule has 0 radical (unpaired) electrons. The molecule has 86 valence electrons. The quantitative estimate of drug-likeness (QED) is 0.750. The van der Waals surface area contributed by atoms with Gasteiger partial charge in [0.2, 0.25) is 0 Å². The molecule has 0 N–H and O–H groups in total. The van der Waals surface area contributed by atoms with Gasteiger partial charge in [0.1, 0.15) is 0 Å². The monoisotopic (exact) mass is 376 g/mol. The normalized spacial score (nSPS) is 10.2. The third-order valence-corrected chi connectivity index (χ3v) is 8.91. The van der Waals surface area contributed by atoms with Crippen LogP contribution in [0.2, 0.25) is 5.02 Å².